The quantitative estimate of drug-likeness (QED) is 0.249. The van der Waals surface area contributed by atoms with Crippen molar-refractivity contribution in [2.45, 2.75) is 5.41 Å². The number of hydrogen-bond donors (Lipinski definition) is 0. The van der Waals surface area contributed by atoms with Gasteiger partial charge in [-0.1, -0.05) is 109 Å². The van der Waals surface area contributed by atoms with Gasteiger partial charge in [-0.05, 0) is 62.2 Å². The molecule has 0 radical (unpaired) electrons. The standard InChI is InChI=1S/C34H21N/c1-8-19-32-22(10-1)20-23(21-35-32)24-14-9-18-31-33(24)27-13-4-7-17-30(27)34(31)28-15-5-2-11-25(28)26-12-3-6-16-29(26)34/h1-21H. The van der Waals surface area contributed by atoms with Gasteiger partial charge in [-0.2, -0.15) is 0 Å². The third kappa shape index (κ3) is 2.30. The number of rotatable bonds is 1. The van der Waals surface area contributed by atoms with Gasteiger partial charge in [0.1, 0.15) is 0 Å². The SMILES string of the molecule is c1ccc2c(c1)-c1ccccc1C21c2ccccc2-c2c(-c3cnc4ccccc4c3)cccc21. The monoisotopic (exact) mass is 443 g/mol. The van der Waals surface area contributed by atoms with Crippen LogP contribution in [0.1, 0.15) is 22.3 Å². The Kier molecular flexibility index (Phi) is 3.65. The molecule has 1 heterocycles. The second-order valence-electron chi connectivity index (χ2n) is 9.53. The topological polar surface area (TPSA) is 12.9 Å². The van der Waals surface area contributed by atoms with Crippen LogP contribution in [-0.4, -0.2) is 4.98 Å². The van der Waals surface area contributed by atoms with Crippen LogP contribution in [0.4, 0.5) is 0 Å². The van der Waals surface area contributed by atoms with E-state index in [1.165, 1.54) is 55.5 Å². The van der Waals surface area contributed by atoms with Gasteiger partial charge < -0.3 is 0 Å². The van der Waals surface area contributed by atoms with Crippen molar-refractivity contribution in [2.75, 3.05) is 0 Å². The summed E-state index contributed by atoms with van der Waals surface area (Å²) in [5.41, 5.74) is 13.9. The van der Waals surface area contributed by atoms with Crippen LogP contribution in [0.2, 0.25) is 0 Å². The molecule has 1 spiro atoms. The first-order valence-electron chi connectivity index (χ1n) is 12.2. The highest BCUT2D eigenvalue weighted by Crippen LogP contribution is 2.63. The first-order valence-corrected chi connectivity index (χ1v) is 12.2. The lowest BCUT2D eigenvalue weighted by atomic mass is 9.70. The lowest BCUT2D eigenvalue weighted by molar-refractivity contribution is 0.794. The van der Waals surface area contributed by atoms with E-state index in [-0.39, 0.29) is 5.41 Å². The number of nitrogens with zero attached hydrogens (tertiary/aromatic N) is 1. The Morgan fingerprint density at radius 3 is 1.74 bits per heavy atom. The van der Waals surface area contributed by atoms with Crippen molar-refractivity contribution in [1.29, 1.82) is 0 Å². The Bertz CT molecular complexity index is 1760. The third-order valence-corrected chi connectivity index (χ3v) is 7.92. The van der Waals surface area contributed by atoms with Crippen LogP contribution >= 0.6 is 0 Å². The number of aromatic nitrogens is 1. The van der Waals surface area contributed by atoms with Crippen molar-refractivity contribution in [3.05, 3.63) is 150 Å². The molecule has 0 aliphatic heterocycles. The van der Waals surface area contributed by atoms with Crippen LogP contribution in [0, 0.1) is 0 Å². The smallest absolute Gasteiger partial charge is 0.0725 e. The molecule has 2 aliphatic carbocycles. The molecule has 1 heteroatoms. The molecule has 0 saturated heterocycles. The van der Waals surface area contributed by atoms with E-state index in [4.69, 9.17) is 4.98 Å². The van der Waals surface area contributed by atoms with Crippen LogP contribution in [0.15, 0.2) is 128 Å². The Hall–Kier alpha value is -4.49. The normalized spacial score (nSPS) is 13.9. The van der Waals surface area contributed by atoms with E-state index < -0.39 is 0 Å². The number of para-hydroxylation sites is 1. The molecule has 0 bridgehead atoms. The maximum absolute atomic E-state index is 4.80. The molecular formula is C34H21N. The zero-order valence-electron chi connectivity index (χ0n) is 19.1. The largest absolute Gasteiger partial charge is 0.256 e. The van der Waals surface area contributed by atoms with Crippen molar-refractivity contribution in [3.8, 4) is 33.4 Å². The summed E-state index contributed by atoms with van der Waals surface area (Å²) in [6, 6.07) is 44.3. The zero-order chi connectivity index (χ0) is 23.0. The predicted molar refractivity (Wildman–Crippen MR) is 143 cm³/mol. The Balaban J connectivity index is 1.51. The molecule has 1 aromatic heterocycles. The molecule has 35 heavy (non-hydrogen) atoms. The van der Waals surface area contributed by atoms with Crippen molar-refractivity contribution in [1.82, 2.24) is 4.98 Å². The first kappa shape index (κ1) is 18.9. The van der Waals surface area contributed by atoms with Gasteiger partial charge in [-0.15, -0.1) is 0 Å². The maximum atomic E-state index is 4.80. The van der Waals surface area contributed by atoms with Gasteiger partial charge in [0.25, 0.3) is 0 Å². The average molecular weight is 444 g/mol. The minimum Gasteiger partial charge on any atom is -0.256 e. The molecule has 0 atom stereocenters. The van der Waals surface area contributed by atoms with Gasteiger partial charge in [0.15, 0.2) is 0 Å². The van der Waals surface area contributed by atoms with Crippen LogP contribution in [0.3, 0.4) is 0 Å². The van der Waals surface area contributed by atoms with E-state index in [0.29, 0.717) is 0 Å². The van der Waals surface area contributed by atoms with E-state index in [1.807, 2.05) is 12.3 Å². The van der Waals surface area contributed by atoms with Crippen molar-refractivity contribution < 1.29 is 0 Å². The Morgan fingerprint density at radius 1 is 0.457 bits per heavy atom. The average Bonchev–Trinajstić information content (AvgIpc) is 3.40. The number of benzene rings is 5. The molecule has 0 saturated carbocycles. The third-order valence-electron chi connectivity index (χ3n) is 7.92. The van der Waals surface area contributed by atoms with E-state index in [1.54, 1.807) is 0 Å². The summed E-state index contributed by atoms with van der Waals surface area (Å²) < 4.78 is 0. The van der Waals surface area contributed by atoms with Gasteiger partial charge >= 0.3 is 0 Å². The Labute approximate surface area is 204 Å². The number of fused-ring (bicyclic) bond motifs is 11. The molecule has 0 fully saturated rings. The molecule has 0 N–H and O–H groups in total. The molecule has 2 aliphatic rings. The van der Waals surface area contributed by atoms with Crippen LogP contribution in [0.25, 0.3) is 44.3 Å². The summed E-state index contributed by atoms with van der Waals surface area (Å²) in [7, 11) is 0. The minimum atomic E-state index is -0.306. The second-order valence-corrected chi connectivity index (χ2v) is 9.53. The van der Waals surface area contributed by atoms with Gasteiger partial charge in [0.05, 0.1) is 10.9 Å². The second kappa shape index (κ2) is 6.77. The van der Waals surface area contributed by atoms with Gasteiger partial charge in [-0.3, -0.25) is 4.98 Å². The molecule has 1 nitrogen and oxygen atoms in total. The fraction of sp³-hybridized carbons (Fsp3) is 0.0294. The first-order chi connectivity index (χ1) is 17.4. The highest BCUT2D eigenvalue weighted by atomic mass is 14.6. The highest BCUT2D eigenvalue weighted by molar-refractivity contribution is 6.00. The number of pyridine rings is 1. The molecule has 162 valence electrons. The summed E-state index contributed by atoms with van der Waals surface area (Å²) >= 11 is 0. The van der Waals surface area contributed by atoms with Crippen LogP contribution < -0.4 is 0 Å². The minimum absolute atomic E-state index is 0.306. The molecular weight excluding hydrogens is 422 g/mol. The summed E-state index contributed by atoms with van der Waals surface area (Å²) in [5, 5.41) is 1.17. The molecule has 5 aromatic carbocycles. The highest BCUT2D eigenvalue weighted by Gasteiger charge is 2.51. The van der Waals surface area contributed by atoms with Gasteiger partial charge in [0.2, 0.25) is 0 Å². The molecule has 0 unspecified atom stereocenters. The maximum Gasteiger partial charge on any atom is 0.0725 e. The van der Waals surface area contributed by atoms with Crippen LogP contribution in [-0.2, 0) is 5.41 Å². The predicted octanol–water partition coefficient (Wildman–Crippen LogP) is 8.25. The summed E-state index contributed by atoms with van der Waals surface area (Å²) in [6.45, 7) is 0. The van der Waals surface area contributed by atoms with E-state index in [9.17, 15) is 0 Å². The molecule has 8 rings (SSSR count). The fourth-order valence-electron chi connectivity index (χ4n) is 6.60. The lowest BCUT2D eigenvalue weighted by Gasteiger charge is -2.30. The van der Waals surface area contributed by atoms with E-state index in [0.717, 1.165) is 11.1 Å². The summed E-state index contributed by atoms with van der Waals surface area (Å²) in [4.78, 5) is 4.80. The van der Waals surface area contributed by atoms with Gasteiger partial charge in [0, 0.05) is 17.1 Å². The van der Waals surface area contributed by atoms with Crippen molar-refractivity contribution >= 4 is 10.9 Å². The fourth-order valence-corrected chi connectivity index (χ4v) is 6.60. The zero-order valence-corrected chi connectivity index (χ0v) is 19.1. The van der Waals surface area contributed by atoms with Gasteiger partial charge in [-0.25, -0.2) is 0 Å². The number of hydrogen-bond acceptors (Lipinski definition) is 1. The van der Waals surface area contributed by atoms with Crippen molar-refractivity contribution in [2.24, 2.45) is 0 Å². The molecule has 0 amide bonds. The lowest BCUT2D eigenvalue weighted by Crippen LogP contribution is -2.25. The summed E-state index contributed by atoms with van der Waals surface area (Å²) in [6.07, 6.45) is 2.03. The van der Waals surface area contributed by atoms with E-state index in [2.05, 4.69) is 115 Å². The molecule has 6 aromatic rings. The van der Waals surface area contributed by atoms with Crippen molar-refractivity contribution in [3.63, 3.8) is 0 Å². The Morgan fingerprint density at radius 2 is 1.00 bits per heavy atom. The van der Waals surface area contributed by atoms with E-state index >= 15 is 0 Å². The van der Waals surface area contributed by atoms with Crippen LogP contribution in [0.5, 0.6) is 0 Å². The summed E-state index contributed by atoms with van der Waals surface area (Å²) in [5.74, 6) is 0.